The predicted octanol–water partition coefficient (Wildman–Crippen LogP) is 2.99. The molecule has 0 radical (unpaired) electrons. The number of amides is 1. The fraction of sp³-hybridized carbons (Fsp3) is 0.235. The van der Waals surface area contributed by atoms with Gasteiger partial charge in [0.25, 0.3) is 0 Å². The summed E-state index contributed by atoms with van der Waals surface area (Å²) in [7, 11) is 0. The molecule has 0 fully saturated rings. The summed E-state index contributed by atoms with van der Waals surface area (Å²) in [5.41, 5.74) is 1.62. The highest BCUT2D eigenvalue weighted by Crippen LogP contribution is 2.11. The van der Waals surface area contributed by atoms with E-state index < -0.39 is 0 Å². The first-order valence-corrected chi connectivity index (χ1v) is 7.05. The maximum Gasteiger partial charge on any atom is 0.221 e. The highest BCUT2D eigenvalue weighted by atomic mass is 19.1. The molecule has 0 atom stereocenters. The first kappa shape index (κ1) is 15.0. The molecular weight excluding hydrogens is 267 g/mol. The summed E-state index contributed by atoms with van der Waals surface area (Å²) in [5.74, 6) is -0.336. The summed E-state index contributed by atoms with van der Waals surface area (Å²) >= 11 is 0. The fourth-order valence-corrected chi connectivity index (χ4v) is 1.99. The van der Waals surface area contributed by atoms with Crippen molar-refractivity contribution < 1.29 is 9.18 Å². The van der Waals surface area contributed by atoms with Gasteiger partial charge < -0.3 is 10.6 Å². The van der Waals surface area contributed by atoms with Crippen LogP contribution in [0.25, 0.3) is 0 Å². The first-order chi connectivity index (χ1) is 10.3. The van der Waals surface area contributed by atoms with Crippen LogP contribution in [0.15, 0.2) is 54.6 Å². The van der Waals surface area contributed by atoms with Gasteiger partial charge in [-0.1, -0.05) is 42.5 Å². The monoisotopic (exact) mass is 286 g/mol. The molecule has 3 nitrogen and oxygen atoms in total. The predicted molar refractivity (Wildman–Crippen MR) is 82.7 cm³/mol. The zero-order valence-corrected chi connectivity index (χ0v) is 11.8. The molecule has 0 aliphatic heterocycles. The van der Waals surface area contributed by atoms with Crippen molar-refractivity contribution in [2.24, 2.45) is 0 Å². The van der Waals surface area contributed by atoms with Crippen molar-refractivity contribution in [3.8, 4) is 0 Å². The zero-order chi connectivity index (χ0) is 14.9. The topological polar surface area (TPSA) is 41.1 Å². The molecule has 0 spiro atoms. The van der Waals surface area contributed by atoms with Crippen LogP contribution < -0.4 is 10.6 Å². The second-order valence-corrected chi connectivity index (χ2v) is 4.74. The summed E-state index contributed by atoms with van der Waals surface area (Å²) in [4.78, 5) is 11.7. The van der Waals surface area contributed by atoms with Crippen molar-refractivity contribution in [2.75, 3.05) is 18.4 Å². The van der Waals surface area contributed by atoms with Crippen molar-refractivity contribution in [1.82, 2.24) is 5.32 Å². The first-order valence-electron chi connectivity index (χ1n) is 7.05. The van der Waals surface area contributed by atoms with Gasteiger partial charge in [-0.15, -0.1) is 0 Å². The average Bonchev–Trinajstić information content (AvgIpc) is 2.50. The van der Waals surface area contributed by atoms with E-state index >= 15 is 0 Å². The van der Waals surface area contributed by atoms with E-state index in [4.69, 9.17) is 0 Å². The zero-order valence-electron chi connectivity index (χ0n) is 11.8. The van der Waals surface area contributed by atoms with Gasteiger partial charge in [-0.2, -0.15) is 0 Å². The van der Waals surface area contributed by atoms with Gasteiger partial charge in [-0.05, 0) is 24.1 Å². The molecule has 0 unspecified atom stereocenters. The standard InChI is InChI=1S/C17H19FN2O/c18-15-8-4-5-9-16(15)19-13-11-17(21)20-12-10-14-6-2-1-3-7-14/h1-9,19H,10-13H2,(H,20,21). The van der Waals surface area contributed by atoms with Crippen LogP contribution >= 0.6 is 0 Å². The lowest BCUT2D eigenvalue weighted by molar-refractivity contribution is -0.120. The van der Waals surface area contributed by atoms with Crippen molar-refractivity contribution >= 4 is 11.6 Å². The molecule has 110 valence electrons. The molecule has 0 bridgehead atoms. The minimum absolute atomic E-state index is 0.0326. The molecule has 2 aromatic carbocycles. The smallest absolute Gasteiger partial charge is 0.221 e. The molecule has 0 saturated carbocycles. The Morgan fingerprint density at radius 3 is 2.43 bits per heavy atom. The van der Waals surface area contributed by atoms with Crippen LogP contribution in [0.1, 0.15) is 12.0 Å². The van der Waals surface area contributed by atoms with Gasteiger partial charge in [0, 0.05) is 19.5 Å². The van der Waals surface area contributed by atoms with Gasteiger partial charge in [0.1, 0.15) is 5.82 Å². The molecule has 0 aromatic heterocycles. The van der Waals surface area contributed by atoms with Gasteiger partial charge in [-0.25, -0.2) is 4.39 Å². The van der Waals surface area contributed by atoms with E-state index in [9.17, 15) is 9.18 Å². The summed E-state index contributed by atoms with van der Waals surface area (Å²) in [5, 5.41) is 5.78. The van der Waals surface area contributed by atoms with Crippen LogP contribution in [-0.4, -0.2) is 19.0 Å². The average molecular weight is 286 g/mol. The third-order valence-corrected chi connectivity index (χ3v) is 3.12. The number of para-hydroxylation sites is 1. The molecule has 2 rings (SSSR count). The number of nitrogens with one attached hydrogen (secondary N) is 2. The van der Waals surface area contributed by atoms with Crippen LogP contribution in [0.4, 0.5) is 10.1 Å². The molecule has 0 aliphatic rings. The molecule has 1 amide bonds. The van der Waals surface area contributed by atoms with Gasteiger partial charge in [-0.3, -0.25) is 4.79 Å². The summed E-state index contributed by atoms with van der Waals surface area (Å²) in [6.07, 6.45) is 1.14. The van der Waals surface area contributed by atoms with Crippen LogP contribution in [0.3, 0.4) is 0 Å². The van der Waals surface area contributed by atoms with E-state index in [-0.39, 0.29) is 11.7 Å². The van der Waals surface area contributed by atoms with Crippen molar-refractivity contribution in [2.45, 2.75) is 12.8 Å². The van der Waals surface area contributed by atoms with E-state index in [1.807, 2.05) is 30.3 Å². The number of carbonyl (C=O) groups is 1. The van der Waals surface area contributed by atoms with E-state index in [1.54, 1.807) is 18.2 Å². The lowest BCUT2D eigenvalue weighted by Gasteiger charge is -2.08. The quantitative estimate of drug-likeness (QED) is 0.821. The maximum absolute atomic E-state index is 13.3. The summed E-state index contributed by atoms with van der Waals surface area (Å²) in [6, 6.07) is 16.4. The van der Waals surface area contributed by atoms with Crippen LogP contribution in [0, 0.1) is 5.82 Å². The van der Waals surface area contributed by atoms with Crippen molar-refractivity contribution in [1.29, 1.82) is 0 Å². The second kappa shape index (κ2) is 8.04. The lowest BCUT2D eigenvalue weighted by atomic mass is 10.1. The van der Waals surface area contributed by atoms with Crippen LogP contribution in [-0.2, 0) is 11.2 Å². The lowest BCUT2D eigenvalue weighted by Crippen LogP contribution is -2.27. The van der Waals surface area contributed by atoms with Gasteiger partial charge in [0.15, 0.2) is 0 Å². The molecule has 2 N–H and O–H groups in total. The number of hydrogen-bond acceptors (Lipinski definition) is 2. The van der Waals surface area contributed by atoms with E-state index in [2.05, 4.69) is 10.6 Å². The van der Waals surface area contributed by atoms with Crippen LogP contribution in [0.5, 0.6) is 0 Å². The molecule has 0 aliphatic carbocycles. The molecule has 21 heavy (non-hydrogen) atoms. The Balaban J connectivity index is 1.63. The minimum Gasteiger partial charge on any atom is -0.382 e. The molecule has 2 aromatic rings. The van der Waals surface area contributed by atoms with Crippen LogP contribution in [0.2, 0.25) is 0 Å². The number of carbonyl (C=O) groups excluding carboxylic acids is 1. The minimum atomic E-state index is -0.304. The van der Waals surface area contributed by atoms with Gasteiger partial charge >= 0.3 is 0 Å². The summed E-state index contributed by atoms with van der Waals surface area (Å²) < 4.78 is 13.3. The number of hydrogen-bond donors (Lipinski definition) is 2. The van der Waals surface area contributed by atoms with Gasteiger partial charge in [0.05, 0.1) is 5.69 Å². The Hall–Kier alpha value is -2.36. The Morgan fingerprint density at radius 2 is 1.67 bits per heavy atom. The number of rotatable bonds is 7. The Morgan fingerprint density at radius 1 is 0.952 bits per heavy atom. The number of halogens is 1. The third-order valence-electron chi connectivity index (χ3n) is 3.12. The summed E-state index contributed by atoms with van der Waals surface area (Å²) in [6.45, 7) is 1.03. The number of benzene rings is 2. The molecular formula is C17H19FN2O. The van der Waals surface area contributed by atoms with Crippen molar-refractivity contribution in [3.05, 3.63) is 66.0 Å². The Labute approximate surface area is 124 Å². The van der Waals surface area contributed by atoms with E-state index in [1.165, 1.54) is 11.6 Å². The fourth-order valence-electron chi connectivity index (χ4n) is 1.99. The number of anilines is 1. The van der Waals surface area contributed by atoms with E-state index in [0.717, 1.165) is 6.42 Å². The Bertz CT molecular complexity index is 572. The molecule has 0 heterocycles. The third kappa shape index (κ3) is 5.26. The van der Waals surface area contributed by atoms with Gasteiger partial charge in [0.2, 0.25) is 5.91 Å². The largest absolute Gasteiger partial charge is 0.382 e. The normalized spacial score (nSPS) is 10.1. The van der Waals surface area contributed by atoms with E-state index in [0.29, 0.717) is 25.2 Å². The van der Waals surface area contributed by atoms with Crippen molar-refractivity contribution in [3.63, 3.8) is 0 Å². The highest BCUT2D eigenvalue weighted by molar-refractivity contribution is 5.76. The SMILES string of the molecule is O=C(CCNc1ccccc1F)NCCc1ccccc1. The maximum atomic E-state index is 13.3. The second-order valence-electron chi connectivity index (χ2n) is 4.74. The molecule has 4 heteroatoms. The highest BCUT2D eigenvalue weighted by Gasteiger charge is 2.03. The molecule has 0 saturated heterocycles. The Kier molecular flexibility index (Phi) is 5.76.